The van der Waals surface area contributed by atoms with Gasteiger partial charge in [-0.3, -0.25) is 14.2 Å². The number of benzene rings is 2. The minimum absolute atomic E-state index is 0.135. The number of nitrogens with zero attached hydrogens (tertiary/aromatic N) is 2. The fourth-order valence-corrected chi connectivity index (χ4v) is 3.40. The van der Waals surface area contributed by atoms with Crippen LogP contribution in [0.1, 0.15) is 5.56 Å². The van der Waals surface area contributed by atoms with Crippen molar-refractivity contribution in [3.8, 4) is 5.69 Å². The Kier molecular flexibility index (Phi) is 5.58. The molecule has 6 nitrogen and oxygen atoms in total. The summed E-state index contributed by atoms with van der Waals surface area (Å²) in [6.07, 6.45) is 0. The molecule has 0 radical (unpaired) electrons. The van der Waals surface area contributed by atoms with Crippen LogP contribution in [-0.2, 0) is 14.3 Å². The maximum atomic E-state index is 12.0. The number of hydrogen-bond donors (Lipinski definition) is 1. The molecular formula is C19H19N3O3S. The zero-order valence-corrected chi connectivity index (χ0v) is 15.4. The molecule has 26 heavy (non-hydrogen) atoms. The van der Waals surface area contributed by atoms with Gasteiger partial charge in [0.25, 0.3) is 0 Å². The van der Waals surface area contributed by atoms with Gasteiger partial charge in [-0.05, 0) is 36.8 Å². The average molecular weight is 369 g/mol. The second-order valence-corrected chi connectivity index (χ2v) is 6.64. The first-order valence-electron chi connectivity index (χ1n) is 8.09. The fraction of sp³-hybridized carbons (Fsp3) is 0.211. The summed E-state index contributed by atoms with van der Waals surface area (Å²) < 4.78 is 6.56. The van der Waals surface area contributed by atoms with Gasteiger partial charge < -0.3 is 10.1 Å². The molecule has 0 saturated carbocycles. The van der Waals surface area contributed by atoms with E-state index in [1.54, 1.807) is 0 Å². The Balaban J connectivity index is 1.85. The molecule has 3 rings (SSSR count). The minimum Gasteiger partial charge on any atom is -0.468 e. The van der Waals surface area contributed by atoms with Crippen molar-refractivity contribution in [3.05, 3.63) is 54.1 Å². The van der Waals surface area contributed by atoms with Crippen LogP contribution in [0.3, 0.4) is 0 Å². The summed E-state index contributed by atoms with van der Waals surface area (Å²) in [7, 11) is 1.29. The van der Waals surface area contributed by atoms with Gasteiger partial charge in [0.2, 0.25) is 5.91 Å². The number of amides is 1. The van der Waals surface area contributed by atoms with Crippen LogP contribution in [-0.4, -0.2) is 40.8 Å². The lowest BCUT2D eigenvalue weighted by molar-refractivity contribution is -0.140. The van der Waals surface area contributed by atoms with E-state index < -0.39 is 5.97 Å². The first kappa shape index (κ1) is 18.0. The summed E-state index contributed by atoms with van der Waals surface area (Å²) in [5, 5.41) is 3.26. The zero-order valence-electron chi connectivity index (χ0n) is 14.6. The molecule has 1 N–H and O–H groups in total. The van der Waals surface area contributed by atoms with Crippen LogP contribution >= 0.6 is 11.8 Å². The van der Waals surface area contributed by atoms with E-state index in [0.717, 1.165) is 27.4 Å². The number of rotatable bonds is 6. The molecule has 3 aromatic rings. The number of methoxy groups -OCH3 is 1. The van der Waals surface area contributed by atoms with Crippen LogP contribution in [0, 0.1) is 6.92 Å². The molecule has 0 unspecified atom stereocenters. The predicted molar refractivity (Wildman–Crippen MR) is 102 cm³/mol. The third kappa shape index (κ3) is 4.05. The van der Waals surface area contributed by atoms with Crippen molar-refractivity contribution in [2.45, 2.75) is 12.1 Å². The van der Waals surface area contributed by atoms with Crippen LogP contribution < -0.4 is 5.32 Å². The summed E-state index contributed by atoms with van der Waals surface area (Å²) in [6, 6.07) is 16.0. The van der Waals surface area contributed by atoms with Crippen molar-refractivity contribution >= 4 is 34.7 Å². The van der Waals surface area contributed by atoms with Gasteiger partial charge in [-0.25, -0.2) is 4.98 Å². The normalized spacial score (nSPS) is 10.7. The van der Waals surface area contributed by atoms with Crippen LogP contribution in [0.5, 0.6) is 0 Å². The molecule has 1 amide bonds. The standard InChI is InChI=1S/C19H19N3O3S/c1-13-6-5-7-14(10-13)22-16-9-4-3-8-15(16)21-19(22)26-12-17(23)20-11-18(24)25-2/h3-10H,11-12H2,1-2H3,(H,20,23). The van der Waals surface area contributed by atoms with Crippen LogP contribution in [0.2, 0.25) is 0 Å². The highest BCUT2D eigenvalue weighted by Crippen LogP contribution is 2.28. The lowest BCUT2D eigenvalue weighted by Crippen LogP contribution is -2.31. The SMILES string of the molecule is COC(=O)CNC(=O)CSc1nc2ccccc2n1-c1cccc(C)c1. The topological polar surface area (TPSA) is 73.2 Å². The monoisotopic (exact) mass is 369 g/mol. The number of para-hydroxylation sites is 2. The number of nitrogens with one attached hydrogen (secondary N) is 1. The molecular weight excluding hydrogens is 350 g/mol. The Morgan fingerprint density at radius 2 is 2.00 bits per heavy atom. The molecule has 7 heteroatoms. The predicted octanol–water partition coefficient (Wildman–Crippen LogP) is 2.72. The molecule has 1 heterocycles. The molecule has 0 aliphatic heterocycles. The molecule has 0 fully saturated rings. The van der Waals surface area contributed by atoms with Gasteiger partial charge in [0.1, 0.15) is 6.54 Å². The summed E-state index contributed by atoms with van der Waals surface area (Å²) in [6.45, 7) is 1.90. The highest BCUT2D eigenvalue weighted by molar-refractivity contribution is 7.99. The molecule has 134 valence electrons. The summed E-state index contributed by atoms with van der Waals surface area (Å²) in [4.78, 5) is 27.8. The zero-order chi connectivity index (χ0) is 18.5. The second-order valence-electron chi connectivity index (χ2n) is 5.70. The largest absolute Gasteiger partial charge is 0.468 e. The van der Waals surface area contributed by atoms with Gasteiger partial charge in [0.15, 0.2) is 5.16 Å². The van der Waals surface area contributed by atoms with Gasteiger partial charge in [0, 0.05) is 5.69 Å². The van der Waals surface area contributed by atoms with Crippen molar-refractivity contribution in [2.75, 3.05) is 19.4 Å². The number of esters is 1. The van der Waals surface area contributed by atoms with Crippen LogP contribution in [0.4, 0.5) is 0 Å². The highest BCUT2D eigenvalue weighted by Gasteiger charge is 2.15. The second kappa shape index (κ2) is 8.05. The van der Waals surface area contributed by atoms with Gasteiger partial charge in [-0.15, -0.1) is 0 Å². The molecule has 0 atom stereocenters. The number of aryl methyl sites for hydroxylation is 1. The van der Waals surface area contributed by atoms with Gasteiger partial charge in [-0.1, -0.05) is 36.0 Å². The van der Waals surface area contributed by atoms with Crippen molar-refractivity contribution in [3.63, 3.8) is 0 Å². The Labute approximate surface area is 155 Å². The molecule has 0 aliphatic carbocycles. The summed E-state index contributed by atoms with van der Waals surface area (Å²) >= 11 is 1.33. The number of carbonyl (C=O) groups excluding carboxylic acids is 2. The molecule has 2 aromatic carbocycles. The number of ether oxygens (including phenoxy) is 1. The van der Waals surface area contributed by atoms with E-state index in [2.05, 4.69) is 21.1 Å². The quantitative estimate of drug-likeness (QED) is 0.534. The first-order chi connectivity index (χ1) is 12.6. The Hall–Kier alpha value is -2.80. The van der Waals surface area contributed by atoms with E-state index in [1.807, 2.05) is 54.0 Å². The lowest BCUT2D eigenvalue weighted by atomic mass is 10.2. The summed E-state index contributed by atoms with van der Waals surface area (Å²) in [5.41, 5.74) is 3.99. The Bertz CT molecular complexity index is 952. The third-order valence-electron chi connectivity index (χ3n) is 3.78. The smallest absolute Gasteiger partial charge is 0.325 e. The number of imidazole rings is 1. The lowest BCUT2D eigenvalue weighted by Gasteiger charge is -2.10. The number of thioether (sulfide) groups is 1. The van der Waals surface area contributed by atoms with Crippen molar-refractivity contribution in [1.82, 2.24) is 14.9 Å². The summed E-state index contributed by atoms with van der Waals surface area (Å²) in [5.74, 6) is -0.565. The Morgan fingerprint density at radius 3 is 2.77 bits per heavy atom. The third-order valence-corrected chi connectivity index (χ3v) is 4.72. The molecule has 0 bridgehead atoms. The van der Waals surface area contributed by atoms with E-state index in [1.165, 1.54) is 18.9 Å². The van der Waals surface area contributed by atoms with E-state index in [9.17, 15) is 9.59 Å². The first-order valence-corrected chi connectivity index (χ1v) is 9.08. The van der Waals surface area contributed by atoms with Gasteiger partial charge >= 0.3 is 5.97 Å². The van der Waals surface area contributed by atoms with Crippen molar-refractivity contribution in [2.24, 2.45) is 0 Å². The highest BCUT2D eigenvalue weighted by atomic mass is 32.2. The van der Waals surface area contributed by atoms with Gasteiger partial charge in [-0.2, -0.15) is 0 Å². The average Bonchev–Trinajstić information content (AvgIpc) is 3.02. The van der Waals surface area contributed by atoms with E-state index in [-0.39, 0.29) is 18.2 Å². The van der Waals surface area contributed by atoms with Crippen LogP contribution in [0.25, 0.3) is 16.7 Å². The molecule has 1 aromatic heterocycles. The maximum absolute atomic E-state index is 12.0. The number of aromatic nitrogens is 2. The van der Waals surface area contributed by atoms with E-state index >= 15 is 0 Å². The molecule has 0 saturated heterocycles. The number of carbonyl (C=O) groups is 2. The van der Waals surface area contributed by atoms with Crippen LogP contribution in [0.15, 0.2) is 53.7 Å². The van der Waals surface area contributed by atoms with Crippen molar-refractivity contribution < 1.29 is 14.3 Å². The number of fused-ring (bicyclic) bond motifs is 1. The maximum Gasteiger partial charge on any atom is 0.325 e. The van der Waals surface area contributed by atoms with E-state index in [4.69, 9.17) is 0 Å². The fourth-order valence-electron chi connectivity index (χ4n) is 2.54. The van der Waals surface area contributed by atoms with E-state index in [0.29, 0.717) is 0 Å². The molecule has 0 aliphatic rings. The number of hydrogen-bond acceptors (Lipinski definition) is 5. The van der Waals surface area contributed by atoms with Gasteiger partial charge in [0.05, 0.1) is 23.9 Å². The van der Waals surface area contributed by atoms with Crippen molar-refractivity contribution in [1.29, 1.82) is 0 Å². The Morgan fingerprint density at radius 1 is 1.19 bits per heavy atom. The molecule has 0 spiro atoms. The minimum atomic E-state index is -0.477.